The zero-order valence-electron chi connectivity index (χ0n) is 16.1. The maximum atomic E-state index is 13.3. The molecular formula is C21H23FN6O. The van der Waals surface area contributed by atoms with Crippen molar-refractivity contribution in [1.29, 1.82) is 0 Å². The number of nitrogens with one attached hydrogen (secondary N) is 1. The van der Waals surface area contributed by atoms with E-state index in [1.807, 2.05) is 0 Å². The molecule has 1 aromatic carbocycles. The fourth-order valence-corrected chi connectivity index (χ4v) is 3.56. The van der Waals surface area contributed by atoms with Gasteiger partial charge in [0.05, 0.1) is 5.69 Å². The van der Waals surface area contributed by atoms with Gasteiger partial charge in [-0.05, 0) is 62.3 Å². The van der Waals surface area contributed by atoms with E-state index in [2.05, 4.69) is 25.5 Å². The predicted molar refractivity (Wildman–Crippen MR) is 107 cm³/mol. The Morgan fingerprint density at radius 2 is 1.76 bits per heavy atom. The van der Waals surface area contributed by atoms with Crippen LogP contribution in [-0.2, 0) is 0 Å². The van der Waals surface area contributed by atoms with Crippen LogP contribution in [0.15, 0.2) is 48.8 Å². The highest BCUT2D eigenvalue weighted by molar-refractivity contribution is 5.98. The number of rotatable bonds is 6. The minimum Gasteiger partial charge on any atom is -0.349 e. The molecule has 3 aromatic rings. The molecule has 3 heterocycles. The Labute approximate surface area is 168 Å². The third-order valence-corrected chi connectivity index (χ3v) is 5.07. The SMILES string of the molecule is O=C(NCCN1CCCCC1)c1nnn(-c2ccc(F)cc2)c1-c1ccncc1. The number of amides is 1. The number of carbonyl (C=O) groups excluding carboxylic acids is 1. The van der Waals surface area contributed by atoms with Gasteiger partial charge in [-0.3, -0.25) is 9.78 Å². The lowest BCUT2D eigenvalue weighted by Gasteiger charge is -2.26. The van der Waals surface area contributed by atoms with Crippen molar-refractivity contribution >= 4 is 5.91 Å². The molecule has 1 aliphatic rings. The smallest absolute Gasteiger partial charge is 0.274 e. The van der Waals surface area contributed by atoms with Gasteiger partial charge in [0, 0.05) is 31.0 Å². The van der Waals surface area contributed by atoms with Gasteiger partial charge in [-0.1, -0.05) is 11.6 Å². The summed E-state index contributed by atoms with van der Waals surface area (Å²) in [4.78, 5) is 19.3. The molecule has 0 bridgehead atoms. The Hall–Kier alpha value is -3.13. The molecule has 150 valence electrons. The lowest BCUT2D eigenvalue weighted by Crippen LogP contribution is -2.37. The fourth-order valence-electron chi connectivity index (χ4n) is 3.56. The van der Waals surface area contributed by atoms with E-state index in [1.165, 1.54) is 31.4 Å². The summed E-state index contributed by atoms with van der Waals surface area (Å²) >= 11 is 0. The number of carbonyl (C=O) groups is 1. The van der Waals surface area contributed by atoms with Gasteiger partial charge in [-0.15, -0.1) is 5.10 Å². The van der Waals surface area contributed by atoms with E-state index in [-0.39, 0.29) is 17.4 Å². The third-order valence-electron chi connectivity index (χ3n) is 5.07. The summed E-state index contributed by atoms with van der Waals surface area (Å²) in [6.07, 6.45) is 7.01. The average Bonchev–Trinajstić information content (AvgIpc) is 3.21. The van der Waals surface area contributed by atoms with Crippen LogP contribution in [0.4, 0.5) is 4.39 Å². The molecule has 7 nitrogen and oxygen atoms in total. The first-order valence-electron chi connectivity index (χ1n) is 9.85. The van der Waals surface area contributed by atoms with Crippen LogP contribution in [0.2, 0.25) is 0 Å². The summed E-state index contributed by atoms with van der Waals surface area (Å²) in [7, 11) is 0. The summed E-state index contributed by atoms with van der Waals surface area (Å²) in [6, 6.07) is 9.50. The molecule has 8 heteroatoms. The Morgan fingerprint density at radius 1 is 1.03 bits per heavy atom. The van der Waals surface area contributed by atoms with Crippen LogP contribution in [0, 0.1) is 5.82 Å². The van der Waals surface area contributed by atoms with Gasteiger partial charge >= 0.3 is 0 Å². The van der Waals surface area contributed by atoms with Crippen molar-refractivity contribution in [3.05, 3.63) is 60.3 Å². The molecule has 29 heavy (non-hydrogen) atoms. The quantitative estimate of drug-likeness (QED) is 0.696. The van der Waals surface area contributed by atoms with Gasteiger partial charge in [0.15, 0.2) is 5.69 Å². The van der Waals surface area contributed by atoms with Crippen molar-refractivity contribution in [2.45, 2.75) is 19.3 Å². The van der Waals surface area contributed by atoms with Gasteiger partial charge < -0.3 is 10.2 Å². The molecule has 2 aromatic heterocycles. The maximum Gasteiger partial charge on any atom is 0.274 e. The number of benzene rings is 1. The first kappa shape index (κ1) is 19.2. The van der Waals surface area contributed by atoms with E-state index >= 15 is 0 Å². The summed E-state index contributed by atoms with van der Waals surface area (Å²) in [5.74, 6) is -0.614. The van der Waals surface area contributed by atoms with Crippen molar-refractivity contribution in [2.24, 2.45) is 0 Å². The number of nitrogens with zero attached hydrogens (tertiary/aromatic N) is 5. The van der Waals surface area contributed by atoms with Gasteiger partial charge in [0.2, 0.25) is 0 Å². The van der Waals surface area contributed by atoms with E-state index in [0.29, 0.717) is 17.9 Å². The molecule has 1 fully saturated rings. The lowest BCUT2D eigenvalue weighted by molar-refractivity contribution is 0.0942. The minimum absolute atomic E-state index is 0.235. The number of hydrogen-bond acceptors (Lipinski definition) is 5. The molecule has 1 N–H and O–H groups in total. The van der Waals surface area contributed by atoms with Crippen molar-refractivity contribution in [2.75, 3.05) is 26.2 Å². The highest BCUT2D eigenvalue weighted by Gasteiger charge is 2.22. The standard InChI is InChI=1S/C21H23FN6O/c22-17-4-6-18(7-5-17)28-20(16-8-10-23-11-9-16)19(25-26-28)21(29)24-12-15-27-13-2-1-3-14-27/h4-11H,1-3,12-15H2,(H,24,29). The van der Waals surface area contributed by atoms with Crippen LogP contribution in [0.5, 0.6) is 0 Å². The van der Waals surface area contributed by atoms with E-state index in [0.717, 1.165) is 25.2 Å². The minimum atomic E-state index is -0.338. The molecule has 0 atom stereocenters. The molecule has 4 rings (SSSR count). The average molecular weight is 394 g/mol. The summed E-state index contributed by atoms with van der Waals surface area (Å²) in [5.41, 5.74) is 2.17. The highest BCUT2D eigenvalue weighted by atomic mass is 19.1. The highest BCUT2D eigenvalue weighted by Crippen LogP contribution is 2.25. The van der Waals surface area contributed by atoms with Crippen molar-refractivity contribution < 1.29 is 9.18 Å². The van der Waals surface area contributed by atoms with Crippen LogP contribution < -0.4 is 5.32 Å². The van der Waals surface area contributed by atoms with Crippen molar-refractivity contribution in [3.8, 4) is 16.9 Å². The van der Waals surface area contributed by atoms with Crippen molar-refractivity contribution in [3.63, 3.8) is 0 Å². The zero-order valence-corrected chi connectivity index (χ0v) is 16.1. The normalized spacial score (nSPS) is 14.7. The van der Waals surface area contributed by atoms with Crippen LogP contribution in [0.25, 0.3) is 16.9 Å². The number of aromatic nitrogens is 4. The van der Waals surface area contributed by atoms with Gasteiger partial charge in [-0.2, -0.15) is 0 Å². The molecule has 0 saturated carbocycles. The van der Waals surface area contributed by atoms with E-state index in [1.54, 1.807) is 41.3 Å². The zero-order chi connectivity index (χ0) is 20.1. The van der Waals surface area contributed by atoms with Gasteiger partial charge in [0.1, 0.15) is 11.5 Å². The number of piperidine rings is 1. The monoisotopic (exact) mass is 394 g/mol. The van der Waals surface area contributed by atoms with E-state index in [4.69, 9.17) is 0 Å². The summed E-state index contributed by atoms with van der Waals surface area (Å²) in [6.45, 7) is 3.54. The Balaban J connectivity index is 1.57. The topological polar surface area (TPSA) is 75.9 Å². The third kappa shape index (κ3) is 4.48. The molecule has 1 amide bonds. The second-order valence-electron chi connectivity index (χ2n) is 7.07. The molecule has 1 saturated heterocycles. The second kappa shape index (κ2) is 8.91. The van der Waals surface area contributed by atoms with Crippen LogP contribution in [0.3, 0.4) is 0 Å². The maximum absolute atomic E-state index is 13.3. The van der Waals surface area contributed by atoms with E-state index in [9.17, 15) is 9.18 Å². The molecule has 0 radical (unpaired) electrons. The predicted octanol–water partition coefficient (Wildman–Crippen LogP) is 2.68. The first-order chi connectivity index (χ1) is 14.2. The van der Waals surface area contributed by atoms with Gasteiger partial charge in [0.25, 0.3) is 5.91 Å². The molecule has 0 spiro atoms. The first-order valence-corrected chi connectivity index (χ1v) is 9.85. The Bertz CT molecular complexity index is 951. The number of hydrogen-bond donors (Lipinski definition) is 1. The second-order valence-corrected chi connectivity index (χ2v) is 7.07. The lowest BCUT2D eigenvalue weighted by atomic mass is 10.1. The Morgan fingerprint density at radius 3 is 2.48 bits per heavy atom. The molecule has 0 aliphatic carbocycles. The number of pyridine rings is 1. The van der Waals surface area contributed by atoms with Crippen LogP contribution in [0.1, 0.15) is 29.8 Å². The fraction of sp³-hybridized carbons (Fsp3) is 0.333. The van der Waals surface area contributed by atoms with Gasteiger partial charge in [-0.25, -0.2) is 9.07 Å². The molecular weight excluding hydrogens is 371 g/mol. The van der Waals surface area contributed by atoms with Crippen LogP contribution in [-0.4, -0.2) is 57.0 Å². The summed E-state index contributed by atoms with van der Waals surface area (Å²) in [5, 5.41) is 11.3. The number of halogens is 1. The number of likely N-dealkylation sites (tertiary alicyclic amines) is 1. The summed E-state index contributed by atoms with van der Waals surface area (Å²) < 4.78 is 14.9. The molecule has 0 unspecified atom stereocenters. The largest absolute Gasteiger partial charge is 0.349 e. The van der Waals surface area contributed by atoms with E-state index < -0.39 is 0 Å². The van der Waals surface area contributed by atoms with Crippen molar-refractivity contribution in [1.82, 2.24) is 30.2 Å². The van der Waals surface area contributed by atoms with Crippen LogP contribution >= 0.6 is 0 Å². The Kier molecular flexibility index (Phi) is 5.90. The molecule has 1 aliphatic heterocycles.